The molecule has 1 aliphatic heterocycles. The summed E-state index contributed by atoms with van der Waals surface area (Å²) >= 11 is 0. The quantitative estimate of drug-likeness (QED) is 0.876. The number of rotatable bonds is 3. The Bertz CT molecular complexity index is 567. The van der Waals surface area contributed by atoms with Gasteiger partial charge >= 0.3 is 0 Å². The minimum atomic E-state index is -0.102. The van der Waals surface area contributed by atoms with Crippen molar-refractivity contribution in [2.24, 2.45) is 5.41 Å². The van der Waals surface area contributed by atoms with E-state index in [4.69, 9.17) is 0 Å². The van der Waals surface area contributed by atoms with Gasteiger partial charge in [0.15, 0.2) is 0 Å². The molecular formula is C18H28ClN3O2. The van der Waals surface area contributed by atoms with Gasteiger partial charge in [0.05, 0.1) is 0 Å². The SMILES string of the molecule is C[C@@H]1CNCCN1C(=O)c1ccc(C(=O)NCC(C)(C)C)cc1.Cl. The number of carbonyl (C=O) groups is 2. The van der Waals surface area contributed by atoms with Gasteiger partial charge in [-0.15, -0.1) is 12.4 Å². The van der Waals surface area contributed by atoms with Gasteiger partial charge in [-0.3, -0.25) is 9.59 Å². The van der Waals surface area contributed by atoms with Crippen LogP contribution in [0.4, 0.5) is 0 Å². The summed E-state index contributed by atoms with van der Waals surface area (Å²) in [5.41, 5.74) is 1.26. The number of hydrogen-bond donors (Lipinski definition) is 2. The van der Waals surface area contributed by atoms with Crippen molar-refractivity contribution in [1.82, 2.24) is 15.5 Å². The standard InChI is InChI=1S/C18H27N3O2.ClH/c1-13-11-19-9-10-21(13)17(23)15-7-5-14(6-8-15)16(22)20-12-18(2,3)4;/h5-8,13,19H,9-12H2,1-4H3,(H,20,22);1H/t13-;/m1./s1. The van der Waals surface area contributed by atoms with Crippen LogP contribution in [-0.2, 0) is 0 Å². The Morgan fingerprint density at radius 2 is 1.79 bits per heavy atom. The molecule has 1 aromatic rings. The third kappa shape index (κ3) is 5.49. The molecule has 1 heterocycles. The molecule has 5 nitrogen and oxygen atoms in total. The van der Waals surface area contributed by atoms with Crippen molar-refractivity contribution in [3.8, 4) is 0 Å². The molecule has 0 unspecified atom stereocenters. The van der Waals surface area contributed by atoms with Crippen LogP contribution < -0.4 is 10.6 Å². The van der Waals surface area contributed by atoms with E-state index >= 15 is 0 Å². The van der Waals surface area contributed by atoms with Crippen LogP contribution in [0.2, 0.25) is 0 Å². The van der Waals surface area contributed by atoms with Crippen LogP contribution in [0.5, 0.6) is 0 Å². The summed E-state index contributed by atoms with van der Waals surface area (Å²) in [5.74, 6) is -0.0740. The molecule has 0 saturated carbocycles. The van der Waals surface area contributed by atoms with Crippen LogP contribution in [0, 0.1) is 5.41 Å². The van der Waals surface area contributed by atoms with Gasteiger partial charge in [-0.1, -0.05) is 20.8 Å². The number of piperazine rings is 1. The fourth-order valence-electron chi connectivity index (χ4n) is 2.52. The van der Waals surface area contributed by atoms with Crippen molar-refractivity contribution in [1.29, 1.82) is 0 Å². The summed E-state index contributed by atoms with van der Waals surface area (Å²) in [5, 5.41) is 6.19. The van der Waals surface area contributed by atoms with Crippen molar-refractivity contribution in [3.63, 3.8) is 0 Å². The van der Waals surface area contributed by atoms with E-state index < -0.39 is 0 Å². The highest BCUT2D eigenvalue weighted by Gasteiger charge is 2.24. The Kier molecular flexibility index (Phi) is 7.24. The van der Waals surface area contributed by atoms with E-state index in [2.05, 4.69) is 31.4 Å². The van der Waals surface area contributed by atoms with Crippen LogP contribution >= 0.6 is 12.4 Å². The van der Waals surface area contributed by atoms with Crippen LogP contribution in [0.25, 0.3) is 0 Å². The largest absolute Gasteiger partial charge is 0.352 e. The number of halogens is 1. The van der Waals surface area contributed by atoms with Gasteiger partial charge in [0.2, 0.25) is 0 Å². The average Bonchev–Trinajstić information content (AvgIpc) is 2.52. The molecule has 0 radical (unpaired) electrons. The van der Waals surface area contributed by atoms with E-state index in [0.29, 0.717) is 24.2 Å². The van der Waals surface area contributed by atoms with Gasteiger partial charge in [0.1, 0.15) is 0 Å². The second-order valence-electron chi connectivity index (χ2n) is 7.37. The molecule has 0 spiro atoms. The normalized spacial score (nSPS) is 17.8. The molecule has 24 heavy (non-hydrogen) atoms. The molecule has 1 saturated heterocycles. The highest BCUT2D eigenvalue weighted by atomic mass is 35.5. The van der Waals surface area contributed by atoms with Gasteiger partial charge in [0, 0.05) is 43.3 Å². The van der Waals surface area contributed by atoms with E-state index in [9.17, 15) is 9.59 Å². The van der Waals surface area contributed by atoms with Crippen molar-refractivity contribution in [2.75, 3.05) is 26.2 Å². The number of nitrogens with zero attached hydrogens (tertiary/aromatic N) is 1. The average molecular weight is 354 g/mol. The molecule has 1 aromatic carbocycles. The fourth-order valence-corrected chi connectivity index (χ4v) is 2.52. The summed E-state index contributed by atoms with van der Waals surface area (Å²) in [6.07, 6.45) is 0. The second-order valence-corrected chi connectivity index (χ2v) is 7.37. The first kappa shape index (κ1) is 20.5. The molecule has 0 aliphatic carbocycles. The number of nitrogens with one attached hydrogen (secondary N) is 2. The molecule has 134 valence electrons. The Morgan fingerprint density at radius 3 is 2.33 bits per heavy atom. The molecule has 1 aliphatic rings. The zero-order valence-electron chi connectivity index (χ0n) is 14.9. The lowest BCUT2D eigenvalue weighted by Gasteiger charge is -2.34. The topological polar surface area (TPSA) is 61.4 Å². The fraction of sp³-hybridized carbons (Fsp3) is 0.556. The Morgan fingerprint density at radius 1 is 1.21 bits per heavy atom. The summed E-state index contributed by atoms with van der Waals surface area (Å²) < 4.78 is 0. The van der Waals surface area contributed by atoms with E-state index in [-0.39, 0.29) is 35.7 Å². The lowest BCUT2D eigenvalue weighted by Crippen LogP contribution is -2.52. The highest BCUT2D eigenvalue weighted by Crippen LogP contribution is 2.13. The zero-order chi connectivity index (χ0) is 17.0. The molecule has 2 N–H and O–H groups in total. The van der Waals surface area contributed by atoms with Crippen molar-refractivity contribution < 1.29 is 9.59 Å². The lowest BCUT2D eigenvalue weighted by molar-refractivity contribution is 0.0655. The minimum Gasteiger partial charge on any atom is -0.352 e. The van der Waals surface area contributed by atoms with Gasteiger partial charge in [-0.2, -0.15) is 0 Å². The van der Waals surface area contributed by atoms with E-state index in [1.807, 2.05) is 11.8 Å². The molecule has 0 aromatic heterocycles. The predicted molar refractivity (Wildman–Crippen MR) is 98.8 cm³/mol. The van der Waals surface area contributed by atoms with E-state index in [1.165, 1.54) is 0 Å². The van der Waals surface area contributed by atoms with Crippen molar-refractivity contribution >= 4 is 24.2 Å². The zero-order valence-corrected chi connectivity index (χ0v) is 15.7. The van der Waals surface area contributed by atoms with Gasteiger partial charge in [-0.25, -0.2) is 0 Å². The molecular weight excluding hydrogens is 326 g/mol. The Hall–Kier alpha value is -1.59. The maximum absolute atomic E-state index is 12.5. The lowest BCUT2D eigenvalue weighted by atomic mass is 9.97. The van der Waals surface area contributed by atoms with Crippen LogP contribution in [-0.4, -0.2) is 48.9 Å². The number of benzene rings is 1. The molecule has 2 amide bonds. The van der Waals surface area contributed by atoms with Gasteiger partial charge in [-0.05, 0) is 36.6 Å². The summed E-state index contributed by atoms with van der Waals surface area (Å²) in [4.78, 5) is 26.5. The molecule has 1 atom stereocenters. The molecule has 1 fully saturated rings. The smallest absolute Gasteiger partial charge is 0.254 e. The number of carbonyl (C=O) groups excluding carboxylic acids is 2. The number of hydrogen-bond acceptors (Lipinski definition) is 3. The predicted octanol–water partition coefficient (Wildman–Crippen LogP) is 2.32. The van der Waals surface area contributed by atoms with Crippen LogP contribution in [0.15, 0.2) is 24.3 Å². The van der Waals surface area contributed by atoms with Gasteiger partial charge < -0.3 is 15.5 Å². The third-order valence-electron chi connectivity index (χ3n) is 3.94. The van der Waals surface area contributed by atoms with Crippen molar-refractivity contribution in [2.45, 2.75) is 33.7 Å². The van der Waals surface area contributed by atoms with E-state index in [0.717, 1.165) is 13.1 Å². The first-order valence-corrected chi connectivity index (χ1v) is 8.18. The van der Waals surface area contributed by atoms with Gasteiger partial charge in [0.25, 0.3) is 11.8 Å². The van der Waals surface area contributed by atoms with Crippen molar-refractivity contribution in [3.05, 3.63) is 35.4 Å². The highest BCUT2D eigenvalue weighted by molar-refractivity contribution is 5.98. The monoisotopic (exact) mass is 353 g/mol. The molecule has 2 rings (SSSR count). The minimum absolute atomic E-state index is 0. The third-order valence-corrected chi connectivity index (χ3v) is 3.94. The molecule has 6 heteroatoms. The second kappa shape index (κ2) is 8.49. The first-order valence-electron chi connectivity index (χ1n) is 8.18. The molecule has 0 bridgehead atoms. The first-order chi connectivity index (χ1) is 10.8. The maximum Gasteiger partial charge on any atom is 0.254 e. The number of amides is 2. The van der Waals surface area contributed by atoms with Crippen LogP contribution in [0.1, 0.15) is 48.4 Å². The Labute approximate surface area is 150 Å². The summed E-state index contributed by atoms with van der Waals surface area (Å²) in [6, 6.07) is 7.11. The Balaban J connectivity index is 0.00000288. The van der Waals surface area contributed by atoms with Crippen LogP contribution in [0.3, 0.4) is 0 Å². The maximum atomic E-state index is 12.5. The summed E-state index contributed by atoms with van der Waals surface area (Å²) in [7, 11) is 0. The van der Waals surface area contributed by atoms with E-state index in [1.54, 1.807) is 24.3 Å². The summed E-state index contributed by atoms with van der Waals surface area (Å²) in [6.45, 7) is 11.2.